The Morgan fingerprint density at radius 2 is 2.47 bits per heavy atom. The average molecular weight is 232 g/mol. The zero-order chi connectivity index (χ0) is 12.3. The Hall–Kier alpha value is -1.75. The second kappa shape index (κ2) is 5.05. The summed E-state index contributed by atoms with van der Waals surface area (Å²) < 4.78 is 0. The molecule has 0 radical (unpaired) electrons. The molecule has 0 saturated carbocycles. The third-order valence-corrected chi connectivity index (χ3v) is 2.96. The van der Waals surface area contributed by atoms with Gasteiger partial charge in [0, 0.05) is 19.0 Å². The zero-order valence-electron chi connectivity index (χ0n) is 9.84. The van der Waals surface area contributed by atoms with Gasteiger partial charge in [-0.15, -0.1) is 0 Å². The van der Waals surface area contributed by atoms with E-state index in [-0.39, 0.29) is 6.04 Å². The van der Waals surface area contributed by atoms with E-state index in [9.17, 15) is 4.79 Å². The molecule has 1 unspecified atom stereocenters. The molecule has 0 spiro atoms. The molecule has 1 atom stereocenters. The van der Waals surface area contributed by atoms with E-state index in [0.29, 0.717) is 12.2 Å². The van der Waals surface area contributed by atoms with Gasteiger partial charge < -0.3 is 5.73 Å². The number of pyridine rings is 1. The summed E-state index contributed by atoms with van der Waals surface area (Å²) >= 11 is 0. The minimum Gasteiger partial charge on any atom is -0.366 e. The van der Waals surface area contributed by atoms with Crippen molar-refractivity contribution in [1.82, 2.24) is 9.88 Å². The highest BCUT2D eigenvalue weighted by Gasteiger charge is 2.24. The molecule has 5 heteroatoms. The fourth-order valence-corrected chi connectivity index (χ4v) is 2.12. The Balaban J connectivity index is 2.33. The molecular formula is C12H16N4O. The highest BCUT2D eigenvalue weighted by Crippen LogP contribution is 2.25. The van der Waals surface area contributed by atoms with Crippen molar-refractivity contribution in [1.29, 1.82) is 0 Å². The highest BCUT2D eigenvalue weighted by molar-refractivity contribution is 5.94. The number of aromatic nitrogens is 1. The van der Waals surface area contributed by atoms with E-state index in [1.807, 2.05) is 6.21 Å². The number of hydrogen-bond acceptors (Lipinski definition) is 4. The Labute approximate surface area is 100 Å². The Bertz CT molecular complexity index is 436. The summed E-state index contributed by atoms with van der Waals surface area (Å²) in [5.41, 5.74) is 6.64. The molecule has 17 heavy (non-hydrogen) atoms. The van der Waals surface area contributed by atoms with Crippen molar-refractivity contribution in [2.45, 2.75) is 19.4 Å². The van der Waals surface area contributed by atoms with Gasteiger partial charge in [0.1, 0.15) is 0 Å². The predicted octanol–water partition coefficient (Wildman–Crippen LogP) is 0.976. The van der Waals surface area contributed by atoms with E-state index >= 15 is 0 Å². The van der Waals surface area contributed by atoms with E-state index in [4.69, 9.17) is 5.73 Å². The average Bonchev–Trinajstić information content (AvgIpc) is 2.84. The monoisotopic (exact) mass is 232 g/mol. The molecule has 0 saturated heterocycles. The lowest BCUT2D eigenvalue weighted by atomic mass is 10.0. The van der Waals surface area contributed by atoms with Crippen LogP contribution in [0.1, 0.15) is 35.4 Å². The maximum Gasteiger partial charge on any atom is 0.250 e. The van der Waals surface area contributed by atoms with Crippen LogP contribution in [0.3, 0.4) is 0 Å². The first-order valence-corrected chi connectivity index (χ1v) is 5.71. The molecule has 1 aromatic heterocycles. The number of nitrogens with two attached hydrogens (primary N) is 1. The van der Waals surface area contributed by atoms with Gasteiger partial charge in [-0.3, -0.25) is 19.7 Å². The first-order valence-electron chi connectivity index (χ1n) is 5.71. The van der Waals surface area contributed by atoms with Gasteiger partial charge in [0.2, 0.25) is 0 Å². The number of primary amides is 1. The topological polar surface area (TPSA) is 71.6 Å². The van der Waals surface area contributed by atoms with Gasteiger partial charge in [0.05, 0.1) is 24.0 Å². The van der Waals surface area contributed by atoms with E-state index in [2.05, 4.69) is 21.8 Å². The normalized spacial score (nSPS) is 17.2. The van der Waals surface area contributed by atoms with Crippen molar-refractivity contribution in [3.8, 4) is 0 Å². The van der Waals surface area contributed by atoms with E-state index in [1.54, 1.807) is 18.3 Å². The number of carbonyl (C=O) groups excluding carboxylic acids is 1. The van der Waals surface area contributed by atoms with Crippen LogP contribution in [0.15, 0.2) is 23.3 Å². The molecular weight excluding hydrogens is 216 g/mol. The van der Waals surface area contributed by atoms with Crippen molar-refractivity contribution in [2.75, 3.05) is 13.2 Å². The van der Waals surface area contributed by atoms with Crippen LogP contribution in [0, 0.1) is 0 Å². The molecule has 1 aromatic rings. The van der Waals surface area contributed by atoms with Crippen molar-refractivity contribution < 1.29 is 4.79 Å². The van der Waals surface area contributed by atoms with Gasteiger partial charge in [0.15, 0.2) is 0 Å². The summed E-state index contributed by atoms with van der Waals surface area (Å²) in [4.78, 5) is 22.1. The molecule has 0 aliphatic carbocycles. The molecule has 0 aromatic carbocycles. The molecule has 1 aliphatic heterocycles. The summed E-state index contributed by atoms with van der Waals surface area (Å²) in [5.74, 6) is -0.424. The summed E-state index contributed by atoms with van der Waals surface area (Å²) in [6.07, 6.45) is 4.46. The minimum atomic E-state index is -0.424. The Morgan fingerprint density at radius 1 is 1.65 bits per heavy atom. The van der Waals surface area contributed by atoms with Crippen LogP contribution in [0.2, 0.25) is 0 Å². The van der Waals surface area contributed by atoms with Gasteiger partial charge in [-0.2, -0.15) is 0 Å². The molecule has 1 amide bonds. The van der Waals surface area contributed by atoms with Crippen LogP contribution in [0.4, 0.5) is 0 Å². The Kier molecular flexibility index (Phi) is 3.49. The number of amides is 1. The van der Waals surface area contributed by atoms with E-state index in [0.717, 1.165) is 18.7 Å². The van der Waals surface area contributed by atoms with Crippen LogP contribution >= 0.6 is 0 Å². The SMILES string of the molecule is CCC(c1ncccc1C(N)=O)N1CC=NC1. The first kappa shape index (κ1) is 11.7. The molecule has 90 valence electrons. The third kappa shape index (κ3) is 2.34. The fourth-order valence-electron chi connectivity index (χ4n) is 2.12. The van der Waals surface area contributed by atoms with Crippen molar-refractivity contribution in [3.63, 3.8) is 0 Å². The smallest absolute Gasteiger partial charge is 0.250 e. The fraction of sp³-hybridized carbons (Fsp3) is 0.417. The molecule has 2 heterocycles. The Morgan fingerprint density at radius 3 is 3.06 bits per heavy atom. The van der Waals surface area contributed by atoms with E-state index in [1.165, 1.54) is 0 Å². The third-order valence-electron chi connectivity index (χ3n) is 2.96. The first-order chi connectivity index (χ1) is 8.24. The summed E-state index contributed by atoms with van der Waals surface area (Å²) in [6.45, 7) is 3.53. The lowest BCUT2D eigenvalue weighted by Crippen LogP contribution is -2.29. The summed E-state index contributed by atoms with van der Waals surface area (Å²) in [6, 6.07) is 3.56. The number of nitrogens with zero attached hydrogens (tertiary/aromatic N) is 3. The van der Waals surface area contributed by atoms with Crippen LogP contribution in [-0.4, -0.2) is 35.2 Å². The molecule has 5 nitrogen and oxygen atoms in total. The zero-order valence-corrected chi connectivity index (χ0v) is 9.84. The van der Waals surface area contributed by atoms with Gasteiger partial charge in [-0.25, -0.2) is 0 Å². The van der Waals surface area contributed by atoms with Crippen molar-refractivity contribution in [2.24, 2.45) is 10.7 Å². The van der Waals surface area contributed by atoms with Crippen LogP contribution in [0.5, 0.6) is 0 Å². The molecule has 1 aliphatic rings. The summed E-state index contributed by atoms with van der Waals surface area (Å²) in [7, 11) is 0. The quantitative estimate of drug-likeness (QED) is 0.841. The van der Waals surface area contributed by atoms with E-state index < -0.39 is 5.91 Å². The maximum absolute atomic E-state index is 11.4. The molecule has 0 bridgehead atoms. The highest BCUT2D eigenvalue weighted by atomic mass is 16.1. The number of hydrogen-bond donors (Lipinski definition) is 1. The van der Waals surface area contributed by atoms with Crippen molar-refractivity contribution in [3.05, 3.63) is 29.6 Å². The molecule has 0 fully saturated rings. The second-order valence-electron chi connectivity index (χ2n) is 4.00. The van der Waals surface area contributed by atoms with Gasteiger partial charge in [0.25, 0.3) is 5.91 Å². The largest absolute Gasteiger partial charge is 0.366 e. The number of rotatable bonds is 4. The number of aliphatic imine (C=N–C) groups is 1. The standard InChI is InChI=1S/C12H16N4O/c1-2-10(16-7-6-14-8-16)11-9(12(13)17)4-3-5-15-11/h3-6,10H,2,7-8H2,1H3,(H2,13,17). The maximum atomic E-state index is 11.4. The second-order valence-corrected chi connectivity index (χ2v) is 4.00. The minimum absolute atomic E-state index is 0.0983. The van der Waals surface area contributed by atoms with Gasteiger partial charge in [-0.1, -0.05) is 6.92 Å². The number of carbonyl (C=O) groups is 1. The van der Waals surface area contributed by atoms with Gasteiger partial charge >= 0.3 is 0 Å². The van der Waals surface area contributed by atoms with Crippen LogP contribution in [0.25, 0.3) is 0 Å². The van der Waals surface area contributed by atoms with Crippen LogP contribution < -0.4 is 5.73 Å². The van der Waals surface area contributed by atoms with Crippen LogP contribution in [-0.2, 0) is 0 Å². The molecule has 2 N–H and O–H groups in total. The lowest BCUT2D eigenvalue weighted by molar-refractivity contribution is 0.0996. The lowest BCUT2D eigenvalue weighted by Gasteiger charge is -2.25. The van der Waals surface area contributed by atoms with Crippen molar-refractivity contribution >= 4 is 12.1 Å². The summed E-state index contributed by atoms with van der Waals surface area (Å²) in [5, 5.41) is 0. The molecule has 2 rings (SSSR count). The predicted molar refractivity (Wildman–Crippen MR) is 65.9 cm³/mol. The van der Waals surface area contributed by atoms with Gasteiger partial charge in [-0.05, 0) is 18.6 Å².